The first kappa shape index (κ1) is 24.0. The first-order valence-electron chi connectivity index (χ1n) is 10.3. The van der Waals surface area contributed by atoms with Crippen LogP contribution in [-0.4, -0.2) is 64.9 Å². The van der Waals surface area contributed by atoms with Gasteiger partial charge in [0.2, 0.25) is 5.91 Å². The van der Waals surface area contributed by atoms with E-state index in [-0.39, 0.29) is 25.2 Å². The predicted molar refractivity (Wildman–Crippen MR) is 120 cm³/mol. The van der Waals surface area contributed by atoms with Crippen molar-refractivity contribution in [2.75, 3.05) is 25.0 Å². The van der Waals surface area contributed by atoms with Crippen molar-refractivity contribution >= 4 is 29.2 Å². The number of anilines is 1. The Morgan fingerprint density at radius 1 is 1.22 bits per heavy atom. The van der Waals surface area contributed by atoms with Crippen LogP contribution in [-0.2, 0) is 20.9 Å². The molecule has 0 bridgehead atoms. The van der Waals surface area contributed by atoms with Gasteiger partial charge in [-0.2, -0.15) is 0 Å². The number of aliphatic carboxylic acids is 1. The molecule has 32 heavy (non-hydrogen) atoms. The molecule has 172 valence electrons. The Labute approximate surface area is 191 Å². The number of carbonyl (C=O) groups excluding carboxylic acids is 1. The predicted octanol–water partition coefficient (Wildman–Crippen LogP) is 2.78. The van der Waals surface area contributed by atoms with Gasteiger partial charge in [0, 0.05) is 31.5 Å². The summed E-state index contributed by atoms with van der Waals surface area (Å²) in [5, 5.41) is 23.4. The molecule has 2 aromatic carbocycles. The molecule has 1 amide bonds. The number of aliphatic hydroxyl groups excluding tert-OH is 1. The van der Waals surface area contributed by atoms with Gasteiger partial charge in [-0.1, -0.05) is 35.9 Å². The largest absolute Gasteiger partial charge is 0.489 e. The Hall–Kier alpha value is -2.65. The van der Waals surface area contributed by atoms with Crippen LogP contribution in [0.1, 0.15) is 18.9 Å². The average molecular weight is 463 g/mol. The molecule has 0 aliphatic carbocycles. The van der Waals surface area contributed by atoms with Crippen LogP contribution < -0.4 is 10.1 Å². The lowest BCUT2D eigenvalue weighted by Gasteiger charge is -2.24. The fraction of sp³-hybridized carbons (Fsp3) is 0.391. The zero-order valence-electron chi connectivity index (χ0n) is 17.7. The van der Waals surface area contributed by atoms with Crippen LogP contribution in [0, 0.1) is 0 Å². The van der Waals surface area contributed by atoms with E-state index in [0.29, 0.717) is 36.0 Å². The highest BCUT2D eigenvalue weighted by atomic mass is 35.5. The summed E-state index contributed by atoms with van der Waals surface area (Å²) in [7, 11) is 0. The molecule has 9 heteroatoms. The van der Waals surface area contributed by atoms with Crippen LogP contribution in [0.3, 0.4) is 0 Å². The maximum absolute atomic E-state index is 11.7. The Bertz CT molecular complexity index is 923. The van der Waals surface area contributed by atoms with Gasteiger partial charge >= 0.3 is 5.97 Å². The molecule has 1 fully saturated rings. The normalized spacial score (nSPS) is 19.5. The standard InChI is InChI=1S/C23H27ClN2O6/c1-15(27)25-20-4-2-3-5-22(20)32-14-18(28)11-26-12-19(10-21(26)23(29)30)31-13-16-6-8-17(24)9-7-16/h2-9,18-19,21,28H,10-14H2,1H3,(H,25,27)(H,29,30)/t18?,19-,21+/m1/s1. The van der Waals surface area contributed by atoms with Crippen molar-refractivity contribution in [3.8, 4) is 5.75 Å². The molecule has 1 unspecified atom stereocenters. The van der Waals surface area contributed by atoms with Crippen molar-refractivity contribution in [1.29, 1.82) is 0 Å². The van der Waals surface area contributed by atoms with Crippen LogP contribution in [0.25, 0.3) is 0 Å². The topological polar surface area (TPSA) is 108 Å². The third-order valence-corrected chi connectivity index (χ3v) is 5.38. The van der Waals surface area contributed by atoms with E-state index in [1.54, 1.807) is 41.3 Å². The summed E-state index contributed by atoms with van der Waals surface area (Å²) >= 11 is 5.89. The molecule has 0 spiro atoms. The highest BCUT2D eigenvalue weighted by Crippen LogP contribution is 2.25. The van der Waals surface area contributed by atoms with Gasteiger partial charge in [-0.05, 0) is 29.8 Å². The van der Waals surface area contributed by atoms with Crippen molar-refractivity contribution in [2.24, 2.45) is 0 Å². The van der Waals surface area contributed by atoms with E-state index in [1.165, 1.54) is 6.92 Å². The number of likely N-dealkylation sites (tertiary alicyclic amines) is 1. The Morgan fingerprint density at radius 2 is 1.94 bits per heavy atom. The number of carbonyl (C=O) groups is 2. The minimum absolute atomic E-state index is 0.0459. The second kappa shape index (κ2) is 11.3. The molecule has 3 N–H and O–H groups in total. The van der Waals surface area contributed by atoms with E-state index >= 15 is 0 Å². The van der Waals surface area contributed by atoms with E-state index in [1.807, 2.05) is 12.1 Å². The fourth-order valence-corrected chi connectivity index (χ4v) is 3.76. The van der Waals surface area contributed by atoms with Crippen molar-refractivity contribution in [2.45, 2.75) is 38.2 Å². The number of para-hydroxylation sites is 2. The lowest BCUT2D eigenvalue weighted by molar-refractivity contribution is -0.142. The number of carboxylic acids is 1. The number of carboxylic acid groups (broad SMARTS) is 1. The second-order valence-electron chi connectivity index (χ2n) is 7.75. The maximum Gasteiger partial charge on any atom is 0.321 e. The van der Waals surface area contributed by atoms with Crippen molar-refractivity contribution in [3.63, 3.8) is 0 Å². The summed E-state index contributed by atoms with van der Waals surface area (Å²) in [5.41, 5.74) is 1.46. The van der Waals surface area contributed by atoms with Crippen molar-refractivity contribution in [3.05, 3.63) is 59.1 Å². The molecule has 0 aromatic heterocycles. The Morgan fingerprint density at radius 3 is 2.62 bits per heavy atom. The summed E-state index contributed by atoms with van der Waals surface area (Å²) in [4.78, 5) is 24.7. The minimum atomic E-state index is -0.952. The molecule has 3 atom stereocenters. The smallest absolute Gasteiger partial charge is 0.321 e. The molecule has 1 saturated heterocycles. The van der Waals surface area contributed by atoms with Gasteiger partial charge in [0.25, 0.3) is 0 Å². The third kappa shape index (κ3) is 6.93. The van der Waals surface area contributed by atoms with E-state index in [4.69, 9.17) is 21.1 Å². The molecule has 1 aliphatic rings. The first-order valence-corrected chi connectivity index (χ1v) is 10.7. The van der Waals surface area contributed by atoms with Crippen molar-refractivity contribution < 1.29 is 29.3 Å². The zero-order chi connectivity index (χ0) is 23.1. The molecular formula is C23H27ClN2O6. The van der Waals surface area contributed by atoms with Gasteiger partial charge in [0.1, 0.15) is 24.5 Å². The van der Waals surface area contributed by atoms with Gasteiger partial charge in [0.15, 0.2) is 0 Å². The Balaban J connectivity index is 1.52. The van der Waals surface area contributed by atoms with Crippen molar-refractivity contribution in [1.82, 2.24) is 4.90 Å². The summed E-state index contributed by atoms with van der Waals surface area (Å²) in [6, 6.07) is 13.5. The van der Waals surface area contributed by atoms with Gasteiger partial charge in [-0.25, -0.2) is 0 Å². The van der Waals surface area contributed by atoms with E-state index < -0.39 is 18.1 Å². The molecule has 8 nitrogen and oxygen atoms in total. The maximum atomic E-state index is 11.7. The van der Waals surface area contributed by atoms with Crippen LogP contribution in [0.5, 0.6) is 5.75 Å². The van der Waals surface area contributed by atoms with Gasteiger partial charge < -0.3 is 25.0 Å². The third-order valence-electron chi connectivity index (χ3n) is 5.12. The van der Waals surface area contributed by atoms with Crippen LogP contribution in [0.4, 0.5) is 5.69 Å². The summed E-state index contributed by atoms with van der Waals surface area (Å²) in [5.74, 6) is -0.749. The molecule has 0 radical (unpaired) electrons. The quantitative estimate of drug-likeness (QED) is 0.498. The number of nitrogens with one attached hydrogen (secondary N) is 1. The second-order valence-corrected chi connectivity index (χ2v) is 8.18. The average Bonchev–Trinajstić information content (AvgIpc) is 3.15. The number of nitrogens with zero attached hydrogens (tertiary/aromatic N) is 1. The van der Waals surface area contributed by atoms with E-state index in [0.717, 1.165) is 5.56 Å². The number of β-amino-alcohol motifs (C(OH)–C–C–N with tert-alkyl or cyclic N) is 1. The monoisotopic (exact) mass is 462 g/mol. The summed E-state index contributed by atoms with van der Waals surface area (Å²) in [6.07, 6.45) is -0.848. The lowest BCUT2D eigenvalue weighted by atomic mass is 10.2. The molecule has 1 aliphatic heterocycles. The first-order chi connectivity index (χ1) is 15.3. The van der Waals surface area contributed by atoms with E-state index in [2.05, 4.69) is 5.32 Å². The molecule has 0 saturated carbocycles. The van der Waals surface area contributed by atoms with E-state index in [9.17, 15) is 19.8 Å². The number of benzene rings is 2. The highest BCUT2D eigenvalue weighted by molar-refractivity contribution is 6.30. The molecule has 1 heterocycles. The fourth-order valence-electron chi connectivity index (χ4n) is 3.63. The van der Waals surface area contributed by atoms with Gasteiger partial charge in [-0.3, -0.25) is 14.5 Å². The number of hydrogen-bond acceptors (Lipinski definition) is 6. The number of aliphatic hydroxyl groups is 1. The van der Waals surface area contributed by atoms with Gasteiger partial charge in [-0.15, -0.1) is 0 Å². The summed E-state index contributed by atoms with van der Waals surface area (Å²) < 4.78 is 11.6. The number of ether oxygens (including phenoxy) is 2. The minimum Gasteiger partial charge on any atom is -0.489 e. The zero-order valence-corrected chi connectivity index (χ0v) is 18.5. The van der Waals surface area contributed by atoms with Crippen LogP contribution >= 0.6 is 11.6 Å². The van der Waals surface area contributed by atoms with Crippen LogP contribution in [0.2, 0.25) is 5.02 Å². The molecule has 3 rings (SSSR count). The number of amides is 1. The highest BCUT2D eigenvalue weighted by Gasteiger charge is 2.38. The molecular weight excluding hydrogens is 436 g/mol. The summed E-state index contributed by atoms with van der Waals surface area (Å²) in [6.45, 7) is 2.23. The van der Waals surface area contributed by atoms with Gasteiger partial charge in [0.05, 0.1) is 18.4 Å². The van der Waals surface area contributed by atoms with Crippen LogP contribution in [0.15, 0.2) is 48.5 Å². The lowest BCUT2D eigenvalue weighted by Crippen LogP contribution is -2.42. The molecule has 2 aromatic rings. The number of rotatable bonds is 10. The SMILES string of the molecule is CC(=O)Nc1ccccc1OCC(O)CN1C[C@H](OCc2ccc(Cl)cc2)C[C@H]1C(=O)O. The number of hydrogen-bond donors (Lipinski definition) is 3. The number of halogens is 1. The Kier molecular flexibility index (Phi) is 8.46.